The molecule has 0 radical (unpaired) electrons. The van der Waals surface area contributed by atoms with Gasteiger partial charge < -0.3 is 48.5 Å². The number of phenols is 1. The molecule has 1 aromatic rings. The number of hydrogen-bond acceptors (Lipinski definition) is 9. The molecule has 1 aromatic carbocycles. The molecule has 0 bridgehead atoms. The van der Waals surface area contributed by atoms with Crippen LogP contribution in [0.5, 0.6) is 5.75 Å². The van der Waals surface area contributed by atoms with Gasteiger partial charge in [-0.25, -0.2) is 4.79 Å². The van der Waals surface area contributed by atoms with Gasteiger partial charge in [0.2, 0.25) is 17.7 Å². The highest BCUT2D eigenvalue weighted by Crippen LogP contribution is 2.12. The van der Waals surface area contributed by atoms with Gasteiger partial charge in [-0.05, 0) is 82.2 Å². The number of aromatic hydroxyl groups is 1. The van der Waals surface area contributed by atoms with Crippen LogP contribution in [0.2, 0.25) is 0 Å². The lowest BCUT2D eigenvalue weighted by Crippen LogP contribution is -2.57. The fourth-order valence-corrected chi connectivity index (χ4v) is 3.85. The first-order valence-electron chi connectivity index (χ1n) is 13.3. The highest BCUT2D eigenvalue weighted by atomic mass is 16.4. The first kappa shape index (κ1) is 34.3. The molecule has 1 rings (SSSR count). The van der Waals surface area contributed by atoms with E-state index in [0.29, 0.717) is 44.3 Å². The maximum absolute atomic E-state index is 13.2. The van der Waals surface area contributed by atoms with Crippen LogP contribution in [-0.4, -0.2) is 82.2 Å². The largest absolute Gasteiger partial charge is 0.508 e. The van der Waals surface area contributed by atoms with Gasteiger partial charge in [0.1, 0.15) is 23.9 Å². The molecule has 0 aromatic heterocycles. The number of carboxylic acids is 2. The van der Waals surface area contributed by atoms with Crippen molar-refractivity contribution in [2.45, 2.75) is 82.0 Å². The molecule has 0 aliphatic heterocycles. The summed E-state index contributed by atoms with van der Waals surface area (Å²) in [6.07, 6.45) is 1.71. The normalized spacial score (nSPS) is 13.9. The molecular weight excluding hydrogens is 524 g/mol. The zero-order chi connectivity index (χ0) is 30.1. The van der Waals surface area contributed by atoms with E-state index in [1.54, 1.807) is 12.1 Å². The van der Waals surface area contributed by atoms with Crippen LogP contribution in [0.15, 0.2) is 24.3 Å². The van der Waals surface area contributed by atoms with Crippen LogP contribution < -0.4 is 33.2 Å². The Kier molecular flexibility index (Phi) is 15.9. The number of aliphatic carboxylic acids is 2. The van der Waals surface area contributed by atoms with E-state index in [1.165, 1.54) is 12.1 Å². The third-order valence-corrected chi connectivity index (χ3v) is 6.15. The smallest absolute Gasteiger partial charge is 0.326 e. The van der Waals surface area contributed by atoms with Gasteiger partial charge in [-0.1, -0.05) is 12.1 Å². The summed E-state index contributed by atoms with van der Waals surface area (Å²) in [4.78, 5) is 61.8. The molecule has 4 atom stereocenters. The standard InChI is InChI=1S/C26H42N6O8/c27-13-3-1-5-19(24(37)32-21(26(39)40)6-2-4-14-28)31-25(38)20(11-12-22(34)35)30-23(36)18(29)15-16-7-9-17(33)10-8-16/h7-10,18-21,33H,1-6,11-15,27-29H2,(H,30,36)(H,31,38)(H,32,37)(H,34,35)(H,39,40). The summed E-state index contributed by atoms with van der Waals surface area (Å²) in [5.41, 5.74) is 17.6. The highest BCUT2D eigenvalue weighted by molar-refractivity contribution is 5.94. The first-order valence-corrected chi connectivity index (χ1v) is 13.3. The van der Waals surface area contributed by atoms with Crippen molar-refractivity contribution < 1.29 is 39.3 Å². The van der Waals surface area contributed by atoms with Crippen molar-refractivity contribution in [1.82, 2.24) is 16.0 Å². The van der Waals surface area contributed by atoms with Crippen LogP contribution in [0.3, 0.4) is 0 Å². The van der Waals surface area contributed by atoms with E-state index in [1.807, 2.05) is 0 Å². The Hall–Kier alpha value is -3.75. The van der Waals surface area contributed by atoms with Crippen molar-refractivity contribution in [2.24, 2.45) is 17.2 Å². The first-order chi connectivity index (χ1) is 19.0. The van der Waals surface area contributed by atoms with Crippen LogP contribution in [0, 0.1) is 0 Å². The summed E-state index contributed by atoms with van der Waals surface area (Å²) in [5.74, 6) is -4.63. The van der Waals surface area contributed by atoms with Crippen LogP contribution in [0.25, 0.3) is 0 Å². The molecule has 0 saturated carbocycles. The van der Waals surface area contributed by atoms with Gasteiger partial charge in [0.25, 0.3) is 0 Å². The van der Waals surface area contributed by atoms with E-state index in [2.05, 4.69) is 16.0 Å². The van der Waals surface area contributed by atoms with Gasteiger partial charge in [-0.2, -0.15) is 0 Å². The summed E-state index contributed by atoms with van der Waals surface area (Å²) < 4.78 is 0. The number of carboxylic acid groups (broad SMARTS) is 2. The van der Waals surface area contributed by atoms with Crippen molar-refractivity contribution in [3.63, 3.8) is 0 Å². The monoisotopic (exact) mass is 566 g/mol. The zero-order valence-electron chi connectivity index (χ0n) is 22.5. The van der Waals surface area contributed by atoms with Crippen molar-refractivity contribution in [2.75, 3.05) is 13.1 Å². The minimum absolute atomic E-state index is 0.0440. The van der Waals surface area contributed by atoms with Crippen molar-refractivity contribution in [3.8, 4) is 5.75 Å². The Labute approximate surface area is 233 Å². The molecule has 0 aliphatic rings. The molecule has 0 saturated heterocycles. The zero-order valence-corrected chi connectivity index (χ0v) is 22.5. The summed E-state index contributed by atoms with van der Waals surface area (Å²) in [6, 6.07) is 1.30. The Morgan fingerprint density at radius 1 is 0.700 bits per heavy atom. The van der Waals surface area contributed by atoms with Crippen molar-refractivity contribution in [3.05, 3.63) is 29.8 Å². The molecular formula is C26H42N6O8. The van der Waals surface area contributed by atoms with Crippen molar-refractivity contribution in [1.29, 1.82) is 0 Å². The lowest BCUT2D eigenvalue weighted by Gasteiger charge is -2.25. The Morgan fingerprint density at radius 3 is 1.68 bits per heavy atom. The van der Waals surface area contributed by atoms with Gasteiger partial charge in [-0.3, -0.25) is 19.2 Å². The SMILES string of the molecule is NCCCCC(NC(=O)C(CCCCN)NC(=O)C(CCC(=O)O)NC(=O)C(N)Cc1ccc(O)cc1)C(=O)O. The van der Waals surface area contributed by atoms with Gasteiger partial charge in [0, 0.05) is 6.42 Å². The molecule has 0 spiro atoms. The van der Waals surface area contributed by atoms with E-state index in [4.69, 9.17) is 22.3 Å². The minimum atomic E-state index is -1.32. The predicted octanol–water partition coefficient (Wildman–Crippen LogP) is -1.08. The molecule has 14 nitrogen and oxygen atoms in total. The quantitative estimate of drug-likeness (QED) is 0.0857. The number of carbonyl (C=O) groups excluding carboxylic acids is 3. The Morgan fingerprint density at radius 2 is 1.18 bits per heavy atom. The second kappa shape index (κ2) is 18.5. The van der Waals surface area contributed by atoms with Gasteiger partial charge in [-0.15, -0.1) is 0 Å². The topological polar surface area (TPSA) is 260 Å². The minimum Gasteiger partial charge on any atom is -0.508 e. The maximum atomic E-state index is 13.2. The van der Waals surface area contributed by atoms with Gasteiger partial charge in [0.15, 0.2) is 0 Å². The van der Waals surface area contributed by atoms with Crippen LogP contribution in [0.4, 0.5) is 0 Å². The number of nitrogens with one attached hydrogen (secondary N) is 3. The summed E-state index contributed by atoms with van der Waals surface area (Å²) in [5, 5.41) is 35.5. The Balaban J connectivity index is 2.99. The number of amides is 3. The average Bonchev–Trinajstić information content (AvgIpc) is 2.90. The van der Waals surface area contributed by atoms with Crippen LogP contribution in [0.1, 0.15) is 56.9 Å². The second-order valence-electron chi connectivity index (χ2n) is 9.50. The lowest BCUT2D eigenvalue weighted by molar-refractivity contribution is -0.142. The third-order valence-electron chi connectivity index (χ3n) is 6.15. The number of phenolic OH excluding ortho intramolecular Hbond substituents is 1. The van der Waals surface area contributed by atoms with Crippen LogP contribution in [-0.2, 0) is 30.4 Å². The molecule has 0 fully saturated rings. The molecule has 4 unspecified atom stereocenters. The average molecular weight is 567 g/mol. The van der Waals surface area contributed by atoms with E-state index >= 15 is 0 Å². The molecule has 14 heteroatoms. The summed E-state index contributed by atoms with van der Waals surface area (Å²) in [6.45, 7) is 0.718. The van der Waals surface area contributed by atoms with Crippen LogP contribution >= 0.6 is 0 Å². The van der Waals surface area contributed by atoms with Crippen molar-refractivity contribution >= 4 is 29.7 Å². The van der Waals surface area contributed by atoms with E-state index < -0.39 is 60.2 Å². The number of nitrogens with two attached hydrogens (primary N) is 3. The fraction of sp³-hybridized carbons (Fsp3) is 0.577. The number of carbonyl (C=O) groups is 5. The molecule has 0 heterocycles. The Bertz CT molecular complexity index is 974. The number of hydrogen-bond donors (Lipinski definition) is 9. The third kappa shape index (κ3) is 13.4. The molecule has 0 aliphatic carbocycles. The number of unbranched alkanes of at least 4 members (excludes halogenated alkanes) is 2. The predicted molar refractivity (Wildman–Crippen MR) is 146 cm³/mol. The van der Waals surface area contributed by atoms with E-state index in [0.717, 1.165) is 0 Å². The number of rotatable bonds is 20. The second-order valence-corrected chi connectivity index (χ2v) is 9.50. The molecule has 12 N–H and O–H groups in total. The molecule has 3 amide bonds. The molecule has 224 valence electrons. The highest BCUT2D eigenvalue weighted by Gasteiger charge is 2.30. The van der Waals surface area contributed by atoms with E-state index in [-0.39, 0.29) is 31.4 Å². The van der Waals surface area contributed by atoms with E-state index in [9.17, 15) is 34.2 Å². The van der Waals surface area contributed by atoms with Gasteiger partial charge in [0.05, 0.1) is 6.04 Å². The lowest BCUT2D eigenvalue weighted by atomic mass is 10.0. The number of benzene rings is 1. The van der Waals surface area contributed by atoms with Gasteiger partial charge >= 0.3 is 11.9 Å². The summed E-state index contributed by atoms with van der Waals surface area (Å²) in [7, 11) is 0. The maximum Gasteiger partial charge on any atom is 0.326 e. The molecule has 40 heavy (non-hydrogen) atoms. The summed E-state index contributed by atoms with van der Waals surface area (Å²) >= 11 is 0. The fourth-order valence-electron chi connectivity index (χ4n) is 3.85.